The molecule has 3 rings (SSSR count). The third kappa shape index (κ3) is 3.76. The molecule has 0 spiro atoms. The summed E-state index contributed by atoms with van der Waals surface area (Å²) in [6, 6.07) is 17.6. The van der Waals surface area contributed by atoms with Crippen LogP contribution in [-0.4, -0.2) is 11.0 Å². The van der Waals surface area contributed by atoms with Gasteiger partial charge in [0.15, 0.2) is 5.76 Å². The highest BCUT2D eigenvalue weighted by Gasteiger charge is 2.13. The third-order valence-corrected chi connectivity index (χ3v) is 3.41. The summed E-state index contributed by atoms with van der Waals surface area (Å²) in [5.74, 6) is 1.01. The Bertz CT molecular complexity index is 840. The second-order valence-corrected chi connectivity index (χ2v) is 5.34. The van der Waals surface area contributed by atoms with Crippen molar-refractivity contribution < 1.29 is 19.1 Å². The molecule has 2 N–H and O–H groups in total. The first-order valence-electron chi connectivity index (χ1n) is 7.49. The van der Waals surface area contributed by atoms with Crippen LogP contribution in [0.1, 0.15) is 21.9 Å². The smallest absolute Gasteiger partial charge is 0.291 e. The van der Waals surface area contributed by atoms with Crippen LogP contribution in [0.25, 0.3) is 0 Å². The van der Waals surface area contributed by atoms with Gasteiger partial charge in [0.25, 0.3) is 5.91 Å². The van der Waals surface area contributed by atoms with Gasteiger partial charge in [-0.25, -0.2) is 0 Å². The van der Waals surface area contributed by atoms with E-state index in [-0.39, 0.29) is 18.1 Å². The van der Waals surface area contributed by atoms with E-state index < -0.39 is 5.91 Å². The van der Waals surface area contributed by atoms with E-state index in [2.05, 4.69) is 5.32 Å². The van der Waals surface area contributed by atoms with Gasteiger partial charge in [0, 0.05) is 0 Å². The number of anilines is 1. The second kappa shape index (κ2) is 6.91. The zero-order chi connectivity index (χ0) is 16.9. The molecule has 0 atom stereocenters. The molecule has 5 heteroatoms. The first kappa shape index (κ1) is 15.7. The average molecular weight is 323 g/mol. The molecule has 0 unspecified atom stereocenters. The summed E-state index contributed by atoms with van der Waals surface area (Å²) in [5, 5.41) is 12.5. The fourth-order valence-electron chi connectivity index (χ4n) is 2.18. The van der Waals surface area contributed by atoms with Crippen molar-refractivity contribution in [2.45, 2.75) is 13.5 Å². The maximum absolute atomic E-state index is 12.2. The van der Waals surface area contributed by atoms with Crippen LogP contribution in [0.4, 0.5) is 5.69 Å². The number of carbonyl (C=O) groups excluding carboxylic acids is 1. The number of amides is 1. The molecule has 0 aliphatic carbocycles. The van der Waals surface area contributed by atoms with Crippen LogP contribution < -0.4 is 10.1 Å². The van der Waals surface area contributed by atoms with E-state index in [1.807, 2.05) is 37.3 Å². The van der Waals surface area contributed by atoms with Gasteiger partial charge in [-0.3, -0.25) is 4.79 Å². The van der Waals surface area contributed by atoms with Crippen molar-refractivity contribution in [2.24, 2.45) is 0 Å². The number of furan rings is 1. The highest BCUT2D eigenvalue weighted by molar-refractivity contribution is 6.03. The number of phenols is 1. The molecule has 122 valence electrons. The molecule has 1 amide bonds. The standard InChI is InChI=1S/C19H17NO4/c1-13-7-9-16(17(21)11-13)20-19(22)18-10-8-15(24-18)12-23-14-5-3-2-4-6-14/h2-11,21H,12H2,1H3,(H,20,22). The zero-order valence-electron chi connectivity index (χ0n) is 13.2. The van der Waals surface area contributed by atoms with Gasteiger partial charge >= 0.3 is 0 Å². The Morgan fingerprint density at radius 2 is 1.92 bits per heavy atom. The molecule has 2 aromatic carbocycles. The van der Waals surface area contributed by atoms with Crippen molar-refractivity contribution in [3.63, 3.8) is 0 Å². The van der Waals surface area contributed by atoms with Gasteiger partial charge in [0.05, 0.1) is 5.69 Å². The van der Waals surface area contributed by atoms with Crippen LogP contribution in [0, 0.1) is 6.92 Å². The van der Waals surface area contributed by atoms with Gasteiger partial charge in [-0.15, -0.1) is 0 Å². The van der Waals surface area contributed by atoms with E-state index in [0.717, 1.165) is 11.3 Å². The van der Waals surface area contributed by atoms with Gasteiger partial charge in [0.1, 0.15) is 23.9 Å². The number of hydrogen-bond donors (Lipinski definition) is 2. The number of para-hydroxylation sites is 1. The summed E-state index contributed by atoms with van der Waals surface area (Å²) in [4.78, 5) is 12.2. The number of carbonyl (C=O) groups is 1. The molecule has 0 fully saturated rings. The summed E-state index contributed by atoms with van der Waals surface area (Å²) in [5.41, 5.74) is 1.24. The van der Waals surface area contributed by atoms with Gasteiger partial charge in [0.2, 0.25) is 0 Å². The van der Waals surface area contributed by atoms with E-state index >= 15 is 0 Å². The third-order valence-electron chi connectivity index (χ3n) is 3.41. The lowest BCUT2D eigenvalue weighted by Crippen LogP contribution is -2.11. The Labute approximate surface area is 139 Å². The summed E-state index contributed by atoms with van der Waals surface area (Å²) in [7, 11) is 0. The van der Waals surface area contributed by atoms with Crippen LogP contribution in [0.2, 0.25) is 0 Å². The molecule has 24 heavy (non-hydrogen) atoms. The van der Waals surface area contributed by atoms with Crippen LogP contribution >= 0.6 is 0 Å². The number of ether oxygens (including phenoxy) is 1. The number of nitrogens with one attached hydrogen (secondary N) is 1. The molecule has 3 aromatic rings. The van der Waals surface area contributed by atoms with Crippen LogP contribution in [0.3, 0.4) is 0 Å². The lowest BCUT2D eigenvalue weighted by Gasteiger charge is -2.06. The summed E-state index contributed by atoms with van der Waals surface area (Å²) in [6.07, 6.45) is 0. The molecular formula is C19H17NO4. The topological polar surface area (TPSA) is 71.7 Å². The Morgan fingerprint density at radius 1 is 1.12 bits per heavy atom. The predicted molar refractivity (Wildman–Crippen MR) is 90.3 cm³/mol. The summed E-state index contributed by atoms with van der Waals surface area (Å²) < 4.78 is 11.1. The van der Waals surface area contributed by atoms with Crippen molar-refractivity contribution in [2.75, 3.05) is 5.32 Å². The number of hydrogen-bond acceptors (Lipinski definition) is 4. The Hall–Kier alpha value is -3.21. The van der Waals surface area contributed by atoms with E-state index in [9.17, 15) is 9.90 Å². The van der Waals surface area contributed by atoms with Crippen LogP contribution in [0.15, 0.2) is 65.1 Å². The molecule has 5 nitrogen and oxygen atoms in total. The predicted octanol–water partition coefficient (Wildman–Crippen LogP) is 4.12. The van der Waals surface area contributed by atoms with Gasteiger partial charge in [-0.2, -0.15) is 0 Å². The Morgan fingerprint density at radius 3 is 2.67 bits per heavy atom. The minimum atomic E-state index is -0.430. The summed E-state index contributed by atoms with van der Waals surface area (Å²) in [6.45, 7) is 2.09. The Kier molecular flexibility index (Phi) is 4.52. The zero-order valence-corrected chi connectivity index (χ0v) is 13.2. The van der Waals surface area contributed by atoms with Crippen molar-refractivity contribution >= 4 is 11.6 Å². The highest BCUT2D eigenvalue weighted by atomic mass is 16.5. The van der Waals surface area contributed by atoms with Crippen molar-refractivity contribution in [3.05, 3.63) is 77.7 Å². The number of aromatic hydroxyl groups is 1. The fraction of sp³-hybridized carbons (Fsp3) is 0.105. The van der Waals surface area contributed by atoms with Crippen molar-refractivity contribution in [3.8, 4) is 11.5 Å². The largest absolute Gasteiger partial charge is 0.506 e. The molecule has 0 bridgehead atoms. The number of phenolic OH excluding ortho intramolecular Hbond substituents is 1. The molecule has 0 aliphatic heterocycles. The average Bonchev–Trinajstić information content (AvgIpc) is 3.05. The molecule has 0 aliphatic rings. The van der Waals surface area contributed by atoms with E-state index in [1.165, 1.54) is 0 Å². The monoisotopic (exact) mass is 323 g/mol. The molecule has 0 saturated heterocycles. The van der Waals surface area contributed by atoms with Gasteiger partial charge in [-0.1, -0.05) is 24.3 Å². The van der Waals surface area contributed by atoms with Gasteiger partial charge < -0.3 is 19.6 Å². The SMILES string of the molecule is Cc1ccc(NC(=O)c2ccc(COc3ccccc3)o2)c(O)c1. The van der Waals surface area contributed by atoms with E-state index in [4.69, 9.17) is 9.15 Å². The first-order valence-corrected chi connectivity index (χ1v) is 7.49. The highest BCUT2D eigenvalue weighted by Crippen LogP contribution is 2.24. The number of aryl methyl sites for hydroxylation is 1. The lowest BCUT2D eigenvalue weighted by atomic mass is 10.2. The molecule has 0 radical (unpaired) electrons. The fourth-order valence-corrected chi connectivity index (χ4v) is 2.18. The molecule has 1 heterocycles. The summed E-state index contributed by atoms with van der Waals surface area (Å²) >= 11 is 0. The van der Waals surface area contributed by atoms with Gasteiger partial charge in [-0.05, 0) is 48.9 Å². The normalized spacial score (nSPS) is 10.4. The lowest BCUT2D eigenvalue weighted by molar-refractivity contribution is 0.0992. The van der Waals surface area contributed by atoms with Crippen LogP contribution in [-0.2, 0) is 6.61 Å². The molecule has 1 aromatic heterocycles. The molecular weight excluding hydrogens is 306 g/mol. The van der Waals surface area contributed by atoms with Crippen molar-refractivity contribution in [1.82, 2.24) is 0 Å². The maximum atomic E-state index is 12.2. The van der Waals surface area contributed by atoms with Crippen molar-refractivity contribution in [1.29, 1.82) is 0 Å². The minimum Gasteiger partial charge on any atom is -0.506 e. The number of benzene rings is 2. The maximum Gasteiger partial charge on any atom is 0.291 e. The Balaban J connectivity index is 1.63. The van der Waals surface area contributed by atoms with E-state index in [1.54, 1.807) is 30.3 Å². The second-order valence-electron chi connectivity index (χ2n) is 5.34. The number of rotatable bonds is 5. The minimum absolute atomic E-state index is 0.0162. The first-order chi connectivity index (χ1) is 11.6. The van der Waals surface area contributed by atoms with E-state index in [0.29, 0.717) is 11.4 Å². The molecule has 0 saturated carbocycles. The quantitative estimate of drug-likeness (QED) is 0.693. The van der Waals surface area contributed by atoms with Crippen LogP contribution in [0.5, 0.6) is 11.5 Å².